The van der Waals surface area contributed by atoms with Crippen molar-refractivity contribution in [2.24, 2.45) is 5.92 Å². The van der Waals surface area contributed by atoms with E-state index in [1.807, 2.05) is 17.8 Å². The number of aromatic amines is 1. The van der Waals surface area contributed by atoms with Crippen LogP contribution in [0, 0.1) is 12.8 Å². The molecule has 4 aromatic heterocycles. The fraction of sp³-hybridized carbons (Fsp3) is 0.448. The van der Waals surface area contributed by atoms with E-state index in [-0.39, 0.29) is 16.8 Å². The van der Waals surface area contributed by atoms with E-state index in [9.17, 15) is 13.2 Å². The van der Waals surface area contributed by atoms with Crippen molar-refractivity contribution in [1.82, 2.24) is 30.5 Å². The lowest BCUT2D eigenvalue weighted by Crippen LogP contribution is -2.51. The molecule has 0 amide bonds. The summed E-state index contributed by atoms with van der Waals surface area (Å²) < 4.78 is 50.6. The van der Waals surface area contributed by atoms with E-state index in [1.54, 1.807) is 6.20 Å². The number of H-pyrrole nitrogens is 1. The van der Waals surface area contributed by atoms with Crippen LogP contribution in [0.2, 0.25) is 0 Å². The van der Waals surface area contributed by atoms with Gasteiger partial charge in [0.15, 0.2) is 0 Å². The maximum atomic E-state index is 14.6. The average molecular weight is 612 g/mol. The highest BCUT2D eigenvalue weighted by Gasteiger charge is 2.39. The highest BCUT2D eigenvalue weighted by molar-refractivity contribution is 7.99. The van der Waals surface area contributed by atoms with Crippen LogP contribution in [0.4, 0.5) is 19.0 Å². The van der Waals surface area contributed by atoms with Gasteiger partial charge in [0.25, 0.3) is 0 Å². The van der Waals surface area contributed by atoms with Gasteiger partial charge in [0.05, 0.1) is 39.7 Å². The maximum Gasteiger partial charge on any atom is 0.417 e. The second-order valence-corrected chi connectivity index (χ2v) is 13.7. The van der Waals surface area contributed by atoms with Crippen molar-refractivity contribution < 1.29 is 17.9 Å². The first-order chi connectivity index (χ1) is 20.3. The third kappa shape index (κ3) is 4.39. The Balaban J connectivity index is 1.35. The van der Waals surface area contributed by atoms with Crippen molar-refractivity contribution in [2.45, 2.75) is 44.4 Å². The molecule has 3 unspecified atom stereocenters. The van der Waals surface area contributed by atoms with Crippen LogP contribution in [0.25, 0.3) is 42.5 Å². The minimum absolute atomic E-state index is 0.0355. The average Bonchev–Trinajstić information content (AvgIpc) is 3.76. The molecule has 0 aliphatic carbocycles. The van der Waals surface area contributed by atoms with E-state index in [0.717, 1.165) is 60.4 Å². The molecule has 13 heteroatoms. The number of fused-ring (bicyclic) bond motifs is 6. The SMILES string of the molecule is Cc1cc2[nH]ncc2c(-c2nccc3c2sc2nc(OCC4CCSC4)nc(N4CC5CCC(C4)N5)c23)c1C(F)(F)F. The molecule has 0 saturated carbocycles. The quantitative estimate of drug-likeness (QED) is 0.244. The number of halogens is 3. The van der Waals surface area contributed by atoms with Crippen molar-refractivity contribution in [3.05, 3.63) is 35.7 Å². The third-order valence-corrected chi connectivity index (χ3v) is 11.0. The van der Waals surface area contributed by atoms with E-state index in [1.165, 1.54) is 30.5 Å². The number of nitrogens with one attached hydrogen (secondary N) is 2. The molecule has 3 aliphatic rings. The van der Waals surface area contributed by atoms with Crippen molar-refractivity contribution in [3.63, 3.8) is 0 Å². The number of thiophene rings is 1. The molecule has 8 rings (SSSR count). The first-order valence-corrected chi connectivity index (χ1v) is 16.2. The highest BCUT2D eigenvalue weighted by Crippen LogP contribution is 2.48. The van der Waals surface area contributed by atoms with Crippen molar-refractivity contribution in [2.75, 3.05) is 36.1 Å². The van der Waals surface area contributed by atoms with Crippen LogP contribution in [0.1, 0.15) is 30.4 Å². The Kier molecular flexibility index (Phi) is 6.27. The predicted octanol–water partition coefficient (Wildman–Crippen LogP) is 6.18. The smallest absolute Gasteiger partial charge is 0.417 e. The molecule has 42 heavy (non-hydrogen) atoms. The summed E-state index contributed by atoms with van der Waals surface area (Å²) in [4.78, 5) is 17.4. The fourth-order valence-electron chi connectivity index (χ4n) is 6.75. The monoisotopic (exact) mass is 611 g/mol. The zero-order valence-electron chi connectivity index (χ0n) is 22.8. The number of benzene rings is 1. The summed E-state index contributed by atoms with van der Waals surface area (Å²) in [6.07, 6.45) is 1.80. The predicted molar refractivity (Wildman–Crippen MR) is 161 cm³/mol. The number of aryl methyl sites for hydroxylation is 1. The number of nitrogens with zero attached hydrogens (tertiary/aromatic N) is 5. The summed E-state index contributed by atoms with van der Waals surface area (Å²) in [5, 5.41) is 12.6. The van der Waals surface area contributed by atoms with E-state index in [2.05, 4.69) is 25.4 Å². The maximum absolute atomic E-state index is 14.6. The first-order valence-electron chi connectivity index (χ1n) is 14.2. The summed E-state index contributed by atoms with van der Waals surface area (Å²) >= 11 is 3.28. The Labute approximate surface area is 247 Å². The molecule has 3 atom stereocenters. The fourth-order valence-corrected chi connectivity index (χ4v) is 9.16. The number of aromatic nitrogens is 5. The van der Waals surface area contributed by atoms with Gasteiger partial charge in [-0.05, 0) is 55.4 Å². The largest absolute Gasteiger partial charge is 0.463 e. The number of pyridine rings is 1. The summed E-state index contributed by atoms with van der Waals surface area (Å²) in [5.74, 6) is 3.45. The Hall–Kier alpha value is -3.16. The number of hydrogen-bond donors (Lipinski definition) is 2. The molecule has 218 valence electrons. The second kappa shape index (κ2) is 9.95. The molecule has 3 aliphatic heterocycles. The van der Waals surface area contributed by atoms with E-state index >= 15 is 0 Å². The van der Waals surface area contributed by atoms with Gasteiger partial charge in [0, 0.05) is 53.6 Å². The summed E-state index contributed by atoms with van der Waals surface area (Å²) in [6, 6.07) is 4.45. The molecule has 2 N–H and O–H groups in total. The number of thioether (sulfide) groups is 1. The van der Waals surface area contributed by atoms with Gasteiger partial charge in [-0.3, -0.25) is 10.1 Å². The lowest BCUT2D eigenvalue weighted by molar-refractivity contribution is -0.137. The number of ether oxygens (including phenoxy) is 1. The van der Waals surface area contributed by atoms with Crippen LogP contribution in [0.15, 0.2) is 24.5 Å². The molecular weight excluding hydrogens is 583 g/mol. The Bertz CT molecular complexity index is 1820. The van der Waals surface area contributed by atoms with E-state index < -0.39 is 11.7 Å². The third-order valence-electron chi connectivity index (χ3n) is 8.66. The number of rotatable bonds is 5. The van der Waals surface area contributed by atoms with Crippen LogP contribution in [0.5, 0.6) is 6.01 Å². The van der Waals surface area contributed by atoms with Crippen LogP contribution >= 0.6 is 23.1 Å². The minimum atomic E-state index is -4.57. The molecule has 0 spiro atoms. The zero-order valence-corrected chi connectivity index (χ0v) is 24.4. The van der Waals surface area contributed by atoms with Gasteiger partial charge in [-0.25, -0.2) is 0 Å². The van der Waals surface area contributed by atoms with Crippen molar-refractivity contribution in [3.8, 4) is 17.3 Å². The molecule has 7 heterocycles. The Morgan fingerprint density at radius 3 is 2.71 bits per heavy atom. The molecule has 8 nitrogen and oxygen atoms in total. The van der Waals surface area contributed by atoms with Crippen LogP contribution in [0.3, 0.4) is 0 Å². The van der Waals surface area contributed by atoms with Crippen LogP contribution in [-0.2, 0) is 6.18 Å². The molecule has 3 saturated heterocycles. The van der Waals surface area contributed by atoms with Gasteiger partial charge in [-0.15, -0.1) is 11.3 Å². The molecule has 1 aromatic carbocycles. The summed E-state index contributed by atoms with van der Waals surface area (Å²) in [7, 11) is 0. The summed E-state index contributed by atoms with van der Waals surface area (Å²) in [6.45, 7) is 3.65. The van der Waals surface area contributed by atoms with Gasteiger partial charge in [0.1, 0.15) is 10.6 Å². The molecule has 0 radical (unpaired) electrons. The number of alkyl halides is 3. The van der Waals surface area contributed by atoms with Gasteiger partial charge in [-0.2, -0.15) is 40.0 Å². The molecule has 2 bridgehead atoms. The minimum Gasteiger partial charge on any atom is -0.463 e. The normalized spacial score (nSPS) is 22.7. The number of hydrogen-bond acceptors (Lipinski definition) is 9. The molecule has 3 fully saturated rings. The first kappa shape index (κ1) is 26.5. The molecular formula is C29H28F3N7OS2. The van der Waals surface area contributed by atoms with Crippen LogP contribution < -0.4 is 15.0 Å². The Morgan fingerprint density at radius 2 is 1.95 bits per heavy atom. The van der Waals surface area contributed by atoms with Crippen molar-refractivity contribution in [1.29, 1.82) is 0 Å². The summed E-state index contributed by atoms with van der Waals surface area (Å²) in [5.41, 5.74) is 0.264. The van der Waals surface area contributed by atoms with Crippen LogP contribution in [-0.4, -0.2) is 68.4 Å². The van der Waals surface area contributed by atoms with Gasteiger partial charge in [-0.1, -0.05) is 0 Å². The van der Waals surface area contributed by atoms with Gasteiger partial charge < -0.3 is 15.0 Å². The standard InChI is InChI=1S/C29H28F3N7OS2/c1-14-8-20-19(9-34-38-20)21(23(14)29(30,31)32)24-25-18(4-6-33-24)22-26(39-10-16-2-3-17(11-39)35-16)36-28(37-27(22)42-25)40-12-15-5-7-41-13-15/h4,6,8-9,15-17,35H,2-3,5,7,10-13H2,1H3,(H,34,38). The number of piperazine rings is 1. The lowest BCUT2D eigenvalue weighted by atomic mass is 9.94. The van der Waals surface area contributed by atoms with E-state index in [0.29, 0.717) is 51.1 Å². The van der Waals surface area contributed by atoms with Gasteiger partial charge >= 0.3 is 12.2 Å². The van der Waals surface area contributed by atoms with Gasteiger partial charge in [0.2, 0.25) is 0 Å². The lowest BCUT2D eigenvalue weighted by Gasteiger charge is -2.34. The topological polar surface area (TPSA) is 91.8 Å². The molecule has 5 aromatic rings. The van der Waals surface area contributed by atoms with Crippen molar-refractivity contribution >= 4 is 60.1 Å². The Morgan fingerprint density at radius 1 is 1.12 bits per heavy atom. The highest BCUT2D eigenvalue weighted by atomic mass is 32.2. The van der Waals surface area contributed by atoms with E-state index in [4.69, 9.17) is 14.7 Å². The second-order valence-electron chi connectivity index (χ2n) is 11.5. The number of anilines is 1. The zero-order chi connectivity index (χ0) is 28.6.